The molecule has 24 heavy (non-hydrogen) atoms. The van der Waals surface area contributed by atoms with Crippen molar-refractivity contribution in [2.75, 3.05) is 6.61 Å². The fourth-order valence-corrected chi connectivity index (χ4v) is 1.83. The molecular formula is C16H13F4NO3. The number of rotatable bonds is 5. The molecule has 0 aliphatic rings. The van der Waals surface area contributed by atoms with Crippen molar-refractivity contribution in [2.45, 2.75) is 19.7 Å². The molecule has 0 saturated heterocycles. The Kier molecular flexibility index (Phi) is 5.38. The van der Waals surface area contributed by atoms with E-state index in [4.69, 9.17) is 9.47 Å². The monoisotopic (exact) mass is 343 g/mol. The van der Waals surface area contributed by atoms with Crippen molar-refractivity contribution in [2.24, 2.45) is 0 Å². The molecule has 0 unspecified atom stereocenters. The summed E-state index contributed by atoms with van der Waals surface area (Å²) in [6.45, 7) is 1.59. The summed E-state index contributed by atoms with van der Waals surface area (Å²) in [6, 6.07) is 4.77. The summed E-state index contributed by atoms with van der Waals surface area (Å²) >= 11 is 0. The van der Waals surface area contributed by atoms with E-state index in [2.05, 4.69) is 4.98 Å². The number of halogens is 4. The van der Waals surface area contributed by atoms with Crippen LogP contribution < -0.4 is 4.74 Å². The van der Waals surface area contributed by atoms with Crippen molar-refractivity contribution in [1.29, 1.82) is 0 Å². The molecule has 1 heterocycles. The summed E-state index contributed by atoms with van der Waals surface area (Å²) in [6.07, 6.45) is -3.27. The van der Waals surface area contributed by atoms with Gasteiger partial charge in [-0.3, -0.25) is 0 Å². The molecule has 2 rings (SSSR count). The second-order valence-corrected chi connectivity index (χ2v) is 4.70. The van der Waals surface area contributed by atoms with Gasteiger partial charge >= 0.3 is 12.1 Å². The lowest BCUT2D eigenvalue weighted by molar-refractivity contribution is -0.137. The number of nitrogens with zero attached hydrogens (tertiary/aromatic N) is 1. The molecule has 1 aromatic carbocycles. The van der Waals surface area contributed by atoms with Crippen LogP contribution in [-0.2, 0) is 17.5 Å². The molecule has 0 bridgehead atoms. The maximum Gasteiger partial charge on any atom is 0.416 e. The average molecular weight is 343 g/mol. The first-order chi connectivity index (χ1) is 11.3. The van der Waals surface area contributed by atoms with E-state index in [1.807, 2.05) is 0 Å². The Morgan fingerprint density at radius 2 is 1.96 bits per heavy atom. The van der Waals surface area contributed by atoms with E-state index in [-0.39, 0.29) is 18.9 Å². The van der Waals surface area contributed by atoms with Gasteiger partial charge in [-0.05, 0) is 42.8 Å². The number of carbonyl (C=O) groups is 1. The van der Waals surface area contributed by atoms with Crippen LogP contribution in [0.5, 0.6) is 5.75 Å². The first kappa shape index (κ1) is 17.7. The van der Waals surface area contributed by atoms with Crippen LogP contribution in [0.25, 0.3) is 0 Å². The third-order valence-electron chi connectivity index (χ3n) is 2.96. The van der Waals surface area contributed by atoms with Crippen molar-refractivity contribution in [1.82, 2.24) is 4.98 Å². The summed E-state index contributed by atoms with van der Waals surface area (Å²) in [5.41, 5.74) is -0.548. The molecule has 0 spiro atoms. The van der Waals surface area contributed by atoms with E-state index in [1.165, 1.54) is 18.3 Å². The molecule has 128 valence electrons. The molecule has 8 heteroatoms. The molecule has 0 aliphatic carbocycles. The Hall–Kier alpha value is -2.64. The fourth-order valence-electron chi connectivity index (χ4n) is 1.83. The maximum atomic E-state index is 13.6. The van der Waals surface area contributed by atoms with Crippen molar-refractivity contribution in [3.05, 3.63) is 59.2 Å². The lowest BCUT2D eigenvalue weighted by Gasteiger charge is -2.11. The van der Waals surface area contributed by atoms with Crippen LogP contribution in [0, 0.1) is 5.82 Å². The van der Waals surface area contributed by atoms with Crippen LogP contribution in [0.1, 0.15) is 28.5 Å². The number of alkyl halides is 3. The number of aromatic nitrogens is 1. The first-order valence-corrected chi connectivity index (χ1v) is 6.93. The van der Waals surface area contributed by atoms with Gasteiger partial charge in [-0.15, -0.1) is 0 Å². The normalized spacial score (nSPS) is 11.2. The highest BCUT2D eigenvalue weighted by atomic mass is 19.4. The molecule has 0 atom stereocenters. The summed E-state index contributed by atoms with van der Waals surface area (Å²) in [4.78, 5) is 15.4. The Morgan fingerprint density at radius 1 is 1.21 bits per heavy atom. The number of benzene rings is 1. The lowest BCUT2D eigenvalue weighted by Crippen LogP contribution is -2.09. The molecule has 0 amide bonds. The van der Waals surface area contributed by atoms with Gasteiger partial charge in [0.05, 0.1) is 12.2 Å². The highest BCUT2D eigenvalue weighted by Gasteiger charge is 2.31. The molecular weight excluding hydrogens is 330 g/mol. The van der Waals surface area contributed by atoms with Gasteiger partial charge in [-0.25, -0.2) is 14.2 Å². The second-order valence-electron chi connectivity index (χ2n) is 4.70. The average Bonchev–Trinajstić information content (AvgIpc) is 2.53. The Bertz CT molecular complexity index is 732. The number of pyridine rings is 1. The predicted molar refractivity (Wildman–Crippen MR) is 75.9 cm³/mol. The van der Waals surface area contributed by atoms with Gasteiger partial charge < -0.3 is 9.47 Å². The molecule has 0 saturated carbocycles. The van der Waals surface area contributed by atoms with Gasteiger partial charge in [0.15, 0.2) is 11.6 Å². The number of esters is 1. The van der Waals surface area contributed by atoms with Crippen LogP contribution >= 0.6 is 0 Å². The zero-order valence-electron chi connectivity index (χ0n) is 12.6. The maximum absolute atomic E-state index is 13.6. The summed E-state index contributed by atoms with van der Waals surface area (Å²) in [5, 5.41) is 0. The Morgan fingerprint density at radius 3 is 2.62 bits per heavy atom. The van der Waals surface area contributed by atoms with E-state index >= 15 is 0 Å². The molecule has 0 N–H and O–H groups in total. The summed E-state index contributed by atoms with van der Waals surface area (Å²) in [7, 11) is 0. The van der Waals surface area contributed by atoms with E-state index in [0.717, 1.165) is 0 Å². The third kappa shape index (κ3) is 4.43. The predicted octanol–water partition coefficient (Wildman–Crippen LogP) is 4.00. The van der Waals surface area contributed by atoms with Crippen molar-refractivity contribution >= 4 is 5.97 Å². The SMILES string of the molecule is CCOC(=O)c1cc(COc2cc(C(F)(F)F)ccc2F)ccn1. The summed E-state index contributed by atoms with van der Waals surface area (Å²) < 4.78 is 61.4. The zero-order chi connectivity index (χ0) is 17.7. The minimum Gasteiger partial charge on any atom is -0.486 e. The number of hydrogen-bond acceptors (Lipinski definition) is 4. The van der Waals surface area contributed by atoms with E-state index in [0.29, 0.717) is 23.8 Å². The van der Waals surface area contributed by atoms with Gasteiger partial charge in [0.1, 0.15) is 12.3 Å². The molecule has 1 aromatic heterocycles. The minimum atomic E-state index is -4.60. The molecule has 2 aromatic rings. The van der Waals surface area contributed by atoms with Crippen LogP contribution in [0.4, 0.5) is 17.6 Å². The smallest absolute Gasteiger partial charge is 0.416 e. The molecule has 4 nitrogen and oxygen atoms in total. The van der Waals surface area contributed by atoms with E-state index in [9.17, 15) is 22.4 Å². The number of hydrogen-bond donors (Lipinski definition) is 0. The van der Waals surface area contributed by atoms with Gasteiger partial charge in [-0.1, -0.05) is 0 Å². The van der Waals surface area contributed by atoms with Gasteiger partial charge in [0.25, 0.3) is 0 Å². The third-order valence-corrected chi connectivity index (χ3v) is 2.96. The second kappa shape index (κ2) is 7.29. The number of ether oxygens (including phenoxy) is 2. The van der Waals surface area contributed by atoms with E-state index in [1.54, 1.807) is 6.92 Å². The van der Waals surface area contributed by atoms with Gasteiger partial charge in [0.2, 0.25) is 0 Å². The topological polar surface area (TPSA) is 48.4 Å². The lowest BCUT2D eigenvalue weighted by atomic mass is 10.2. The van der Waals surface area contributed by atoms with Gasteiger partial charge in [0, 0.05) is 6.20 Å². The summed E-state index contributed by atoms with van der Waals surface area (Å²) in [5.74, 6) is -2.08. The standard InChI is InChI=1S/C16H13F4NO3/c1-2-23-15(22)13-7-10(5-6-21-13)9-24-14-8-11(16(18,19)20)3-4-12(14)17/h3-8H,2,9H2,1H3. The minimum absolute atomic E-state index is 0.0301. The highest BCUT2D eigenvalue weighted by Crippen LogP contribution is 2.32. The van der Waals surface area contributed by atoms with Crippen molar-refractivity contribution in [3.8, 4) is 5.75 Å². The fraction of sp³-hybridized carbons (Fsp3) is 0.250. The number of carbonyl (C=O) groups excluding carboxylic acids is 1. The van der Waals surface area contributed by atoms with Crippen molar-refractivity contribution in [3.63, 3.8) is 0 Å². The van der Waals surface area contributed by atoms with E-state index < -0.39 is 29.3 Å². The zero-order valence-corrected chi connectivity index (χ0v) is 12.6. The van der Waals surface area contributed by atoms with Crippen LogP contribution in [-0.4, -0.2) is 17.6 Å². The Labute approximate surface area is 135 Å². The van der Waals surface area contributed by atoms with Gasteiger partial charge in [-0.2, -0.15) is 13.2 Å². The van der Waals surface area contributed by atoms with Crippen molar-refractivity contribution < 1.29 is 31.8 Å². The largest absolute Gasteiger partial charge is 0.486 e. The molecule has 0 aliphatic heterocycles. The van der Waals surface area contributed by atoms with Crippen LogP contribution in [0.3, 0.4) is 0 Å². The highest BCUT2D eigenvalue weighted by molar-refractivity contribution is 5.87. The quantitative estimate of drug-likeness (QED) is 0.608. The molecule has 0 radical (unpaired) electrons. The van der Waals surface area contributed by atoms with Crippen LogP contribution in [0.2, 0.25) is 0 Å². The Balaban J connectivity index is 2.14. The first-order valence-electron chi connectivity index (χ1n) is 6.93. The molecule has 0 fully saturated rings. The van der Waals surface area contributed by atoms with Crippen LogP contribution in [0.15, 0.2) is 36.5 Å².